The fourth-order valence-electron chi connectivity index (χ4n) is 5.47. The average Bonchev–Trinajstić information content (AvgIpc) is 3.78. The second kappa shape index (κ2) is 8.73. The molecule has 2 saturated heterocycles. The Balaban J connectivity index is 1.01. The van der Waals surface area contributed by atoms with Gasteiger partial charge in [-0.3, -0.25) is 4.79 Å². The fourth-order valence-corrected chi connectivity index (χ4v) is 5.56. The number of hydrogen-bond acceptors (Lipinski definition) is 6. The third-order valence-electron chi connectivity index (χ3n) is 7.72. The molecule has 4 fully saturated rings. The highest BCUT2D eigenvalue weighted by Gasteiger charge is 2.59. The van der Waals surface area contributed by atoms with Gasteiger partial charge in [-0.15, -0.1) is 0 Å². The topological polar surface area (TPSA) is 76.6 Å². The number of rotatable bonds is 5. The van der Waals surface area contributed by atoms with Crippen molar-refractivity contribution >= 4 is 23.5 Å². The summed E-state index contributed by atoms with van der Waals surface area (Å²) in [6, 6.07) is 4.81. The van der Waals surface area contributed by atoms with Crippen LogP contribution >= 0.6 is 11.6 Å². The van der Waals surface area contributed by atoms with Gasteiger partial charge in [-0.2, -0.15) is 0 Å². The maximum Gasteiger partial charge on any atom is 0.254 e. The summed E-state index contributed by atoms with van der Waals surface area (Å²) in [5.41, 5.74) is 0.757. The maximum atomic E-state index is 14.6. The first-order chi connectivity index (χ1) is 16.5. The van der Waals surface area contributed by atoms with E-state index in [9.17, 15) is 9.18 Å². The van der Waals surface area contributed by atoms with Gasteiger partial charge in [0, 0.05) is 30.1 Å². The van der Waals surface area contributed by atoms with Crippen molar-refractivity contribution in [2.24, 2.45) is 17.3 Å². The molecule has 7 nitrogen and oxygen atoms in total. The molecule has 1 atom stereocenters. The summed E-state index contributed by atoms with van der Waals surface area (Å²) in [6.07, 6.45) is 7.92. The van der Waals surface area contributed by atoms with Crippen molar-refractivity contribution in [1.82, 2.24) is 15.3 Å². The molecule has 1 amide bonds. The molecule has 1 spiro atoms. The van der Waals surface area contributed by atoms with Gasteiger partial charge in [-0.05, 0) is 56.1 Å². The molecule has 1 N–H and O–H groups in total. The van der Waals surface area contributed by atoms with Crippen LogP contribution in [0.2, 0.25) is 5.02 Å². The Labute approximate surface area is 203 Å². The molecule has 0 radical (unpaired) electrons. The molecule has 1 aromatic heterocycles. The number of piperidine rings is 1. The Morgan fingerprint density at radius 1 is 1.12 bits per heavy atom. The van der Waals surface area contributed by atoms with Crippen LogP contribution in [0.25, 0.3) is 0 Å². The van der Waals surface area contributed by atoms with E-state index in [0.717, 1.165) is 51.1 Å². The van der Waals surface area contributed by atoms with E-state index in [1.807, 2.05) is 0 Å². The molecular weight excluding hydrogens is 459 g/mol. The van der Waals surface area contributed by atoms with E-state index in [1.165, 1.54) is 12.1 Å². The van der Waals surface area contributed by atoms with Crippen molar-refractivity contribution in [3.8, 4) is 0 Å². The smallest absolute Gasteiger partial charge is 0.254 e. The Kier molecular flexibility index (Phi) is 5.70. The van der Waals surface area contributed by atoms with Gasteiger partial charge in [0.05, 0.1) is 36.2 Å². The number of aromatic nitrogens is 2. The van der Waals surface area contributed by atoms with Crippen LogP contribution in [0.4, 0.5) is 10.3 Å². The van der Waals surface area contributed by atoms with Crippen molar-refractivity contribution in [3.05, 3.63) is 52.6 Å². The molecule has 6 rings (SSSR count). The number of carbonyl (C=O) groups excluding carboxylic acids is 1. The lowest BCUT2D eigenvalue weighted by Crippen LogP contribution is -2.37. The number of anilines is 1. The number of amides is 1. The predicted molar refractivity (Wildman–Crippen MR) is 124 cm³/mol. The van der Waals surface area contributed by atoms with Crippen molar-refractivity contribution in [1.29, 1.82) is 0 Å². The van der Waals surface area contributed by atoms with Gasteiger partial charge in [-0.1, -0.05) is 17.7 Å². The molecule has 2 aliphatic carbocycles. The number of nitrogens with zero attached hydrogens (tertiary/aromatic N) is 3. The molecule has 0 unspecified atom stereocenters. The lowest BCUT2D eigenvalue weighted by Gasteiger charge is -2.35. The fraction of sp³-hybridized carbons (Fsp3) is 0.560. The molecule has 0 bridgehead atoms. The summed E-state index contributed by atoms with van der Waals surface area (Å²) < 4.78 is 26.7. The monoisotopic (exact) mass is 486 g/mol. The summed E-state index contributed by atoms with van der Waals surface area (Å²) >= 11 is 5.90. The molecule has 180 valence electrons. The average molecular weight is 487 g/mol. The van der Waals surface area contributed by atoms with Crippen LogP contribution < -0.4 is 10.2 Å². The zero-order valence-electron chi connectivity index (χ0n) is 18.9. The van der Waals surface area contributed by atoms with E-state index in [0.29, 0.717) is 35.6 Å². The van der Waals surface area contributed by atoms with E-state index in [-0.39, 0.29) is 22.9 Å². The van der Waals surface area contributed by atoms with Gasteiger partial charge in [-0.25, -0.2) is 14.4 Å². The van der Waals surface area contributed by atoms with Crippen LogP contribution in [-0.4, -0.2) is 48.2 Å². The third kappa shape index (κ3) is 4.39. The number of halogens is 2. The first-order valence-corrected chi connectivity index (χ1v) is 12.4. The Bertz CT molecular complexity index is 1060. The van der Waals surface area contributed by atoms with E-state index in [2.05, 4.69) is 20.2 Å². The Morgan fingerprint density at radius 3 is 2.47 bits per heavy atom. The number of carbonyl (C=O) groups is 1. The Hall–Kier alpha value is -2.29. The lowest BCUT2D eigenvalue weighted by molar-refractivity contribution is -0.216. The largest absolute Gasteiger partial charge is 0.349 e. The minimum atomic E-state index is -0.592. The van der Waals surface area contributed by atoms with Crippen LogP contribution in [0, 0.1) is 23.1 Å². The maximum absolute atomic E-state index is 14.6. The summed E-state index contributed by atoms with van der Waals surface area (Å²) in [7, 11) is 0. The van der Waals surface area contributed by atoms with E-state index in [1.54, 1.807) is 18.5 Å². The normalized spacial score (nSPS) is 29.3. The number of ether oxygens (including phenoxy) is 2. The van der Waals surface area contributed by atoms with Gasteiger partial charge in [0.2, 0.25) is 5.95 Å². The molecule has 3 heterocycles. The third-order valence-corrected chi connectivity index (χ3v) is 7.91. The minimum absolute atomic E-state index is 0.0699. The highest BCUT2D eigenvalue weighted by atomic mass is 35.5. The highest BCUT2D eigenvalue weighted by molar-refractivity contribution is 6.30. The Morgan fingerprint density at radius 2 is 1.82 bits per heavy atom. The van der Waals surface area contributed by atoms with Crippen LogP contribution in [0.15, 0.2) is 30.6 Å². The van der Waals surface area contributed by atoms with Gasteiger partial charge in [0.15, 0.2) is 6.29 Å². The van der Waals surface area contributed by atoms with Crippen molar-refractivity contribution in [2.75, 3.05) is 31.2 Å². The summed E-state index contributed by atoms with van der Waals surface area (Å²) in [6.45, 7) is 3.11. The second-order valence-corrected chi connectivity index (χ2v) is 10.6. The lowest BCUT2D eigenvalue weighted by atomic mass is 9.87. The standard InChI is InChI=1S/C25H28ClFN4O3/c26-17-11-28-24(29-12-17)31-7-5-15(6-8-31)20-10-25(20)13-33-23(34-14-25)16-1-4-19(21(27)9-16)22(32)30-18-2-3-18/h1,4,9,11-12,15,18,20,23H,2-3,5-8,10,13-14H2,(H,30,32)/t20-,23?,25?/m1/s1. The quantitative estimate of drug-likeness (QED) is 0.684. The SMILES string of the molecule is O=C(NC1CC1)c1ccc(C2OCC3(CO2)C[C@@H]3C2CCN(c3ncc(Cl)cn3)CC2)cc1F. The first kappa shape index (κ1) is 22.2. The van der Waals surface area contributed by atoms with Crippen molar-refractivity contribution < 1.29 is 18.7 Å². The minimum Gasteiger partial charge on any atom is -0.349 e. The van der Waals surface area contributed by atoms with Gasteiger partial charge >= 0.3 is 0 Å². The second-order valence-electron chi connectivity index (χ2n) is 10.1. The zero-order chi connectivity index (χ0) is 23.3. The van der Waals surface area contributed by atoms with Crippen LogP contribution in [0.1, 0.15) is 54.3 Å². The number of nitrogens with one attached hydrogen (secondary N) is 1. The molecule has 1 aromatic carbocycles. The van der Waals surface area contributed by atoms with Crippen LogP contribution in [0.3, 0.4) is 0 Å². The summed E-state index contributed by atoms with van der Waals surface area (Å²) in [4.78, 5) is 23.1. The highest BCUT2D eigenvalue weighted by Crippen LogP contribution is 2.61. The summed E-state index contributed by atoms with van der Waals surface area (Å²) in [5.74, 6) is 1.07. The predicted octanol–water partition coefficient (Wildman–Crippen LogP) is 4.13. The molecule has 2 aromatic rings. The number of hydrogen-bond donors (Lipinski definition) is 1. The number of benzene rings is 1. The van der Waals surface area contributed by atoms with Crippen LogP contribution in [0.5, 0.6) is 0 Å². The van der Waals surface area contributed by atoms with E-state index < -0.39 is 12.1 Å². The van der Waals surface area contributed by atoms with Crippen molar-refractivity contribution in [3.63, 3.8) is 0 Å². The molecule has 2 saturated carbocycles. The summed E-state index contributed by atoms with van der Waals surface area (Å²) in [5, 5.41) is 3.37. The molecule has 2 aliphatic heterocycles. The van der Waals surface area contributed by atoms with E-state index >= 15 is 0 Å². The molecule has 4 aliphatic rings. The van der Waals surface area contributed by atoms with Gasteiger partial charge < -0.3 is 19.7 Å². The molecular formula is C25H28ClFN4O3. The first-order valence-electron chi connectivity index (χ1n) is 12.1. The van der Waals surface area contributed by atoms with Gasteiger partial charge in [0.25, 0.3) is 5.91 Å². The van der Waals surface area contributed by atoms with Crippen LogP contribution in [-0.2, 0) is 9.47 Å². The zero-order valence-corrected chi connectivity index (χ0v) is 19.6. The van der Waals surface area contributed by atoms with E-state index in [4.69, 9.17) is 21.1 Å². The molecule has 9 heteroatoms. The van der Waals surface area contributed by atoms with Crippen molar-refractivity contribution in [2.45, 2.75) is 44.4 Å². The molecule has 34 heavy (non-hydrogen) atoms. The van der Waals surface area contributed by atoms with Gasteiger partial charge in [0.1, 0.15) is 5.82 Å².